The average molecular weight is 376 g/mol. The quantitative estimate of drug-likeness (QED) is 0.275. The van der Waals surface area contributed by atoms with Crippen molar-refractivity contribution in [1.82, 2.24) is 0 Å². The summed E-state index contributed by atoms with van der Waals surface area (Å²) in [6.07, 6.45) is 13.3. The van der Waals surface area contributed by atoms with Gasteiger partial charge in [-0.1, -0.05) is 37.1 Å². The number of oxime groups is 1. The van der Waals surface area contributed by atoms with Gasteiger partial charge in [0.05, 0.1) is 12.0 Å². The molecular weight excluding hydrogens is 338 g/mol. The zero-order valence-corrected chi connectivity index (χ0v) is 17.8. The molecule has 2 fully saturated rings. The van der Waals surface area contributed by atoms with Crippen LogP contribution in [0.15, 0.2) is 16.8 Å². The maximum atomic E-state index is 12.9. The minimum Gasteiger partial charge on any atom is -0.466 e. The van der Waals surface area contributed by atoms with E-state index in [1.165, 1.54) is 19.3 Å². The first-order valence-electron chi connectivity index (χ1n) is 10.7. The van der Waals surface area contributed by atoms with E-state index in [2.05, 4.69) is 32.0 Å². The van der Waals surface area contributed by atoms with Crippen LogP contribution in [0.1, 0.15) is 79.1 Å². The zero-order chi connectivity index (χ0) is 19.7. The van der Waals surface area contributed by atoms with Crippen molar-refractivity contribution in [2.75, 3.05) is 13.7 Å². The normalized spacial score (nSPS) is 41.4. The van der Waals surface area contributed by atoms with Gasteiger partial charge in [0.1, 0.15) is 7.11 Å². The fraction of sp³-hybridized carbons (Fsp3) is 0.826. The van der Waals surface area contributed by atoms with E-state index in [0.717, 1.165) is 32.1 Å². The predicted octanol–water partition coefficient (Wildman–Crippen LogP) is 5.52. The maximum Gasteiger partial charge on any atom is 0.312 e. The van der Waals surface area contributed by atoms with Crippen LogP contribution >= 0.6 is 0 Å². The monoisotopic (exact) mass is 375 g/mol. The van der Waals surface area contributed by atoms with Crippen LogP contribution < -0.4 is 0 Å². The summed E-state index contributed by atoms with van der Waals surface area (Å²) in [7, 11) is 1.60. The van der Waals surface area contributed by atoms with Crippen molar-refractivity contribution < 1.29 is 14.4 Å². The lowest BCUT2D eigenvalue weighted by atomic mass is 9.46. The number of carbonyl (C=O) groups excluding carboxylic acids is 1. The van der Waals surface area contributed by atoms with Crippen molar-refractivity contribution >= 4 is 12.2 Å². The lowest BCUT2D eigenvalue weighted by molar-refractivity contribution is -0.167. The van der Waals surface area contributed by atoms with E-state index in [1.807, 2.05) is 13.1 Å². The van der Waals surface area contributed by atoms with Gasteiger partial charge in [-0.05, 0) is 81.5 Å². The molecule has 0 radical (unpaired) electrons. The van der Waals surface area contributed by atoms with Crippen LogP contribution in [0.25, 0.3) is 0 Å². The van der Waals surface area contributed by atoms with E-state index in [-0.39, 0.29) is 22.2 Å². The number of carbonyl (C=O) groups is 1. The molecule has 3 rings (SSSR count). The highest BCUT2D eigenvalue weighted by molar-refractivity contribution is 5.77. The Morgan fingerprint density at radius 1 is 1.30 bits per heavy atom. The molecule has 3 aliphatic carbocycles. The third kappa shape index (κ3) is 3.56. The largest absolute Gasteiger partial charge is 0.466 e. The number of nitrogens with zero attached hydrogens (tertiary/aromatic N) is 1. The van der Waals surface area contributed by atoms with Crippen LogP contribution in [-0.2, 0) is 14.4 Å². The Hall–Kier alpha value is -1.32. The molecule has 4 heteroatoms. The lowest BCUT2D eigenvalue weighted by Gasteiger charge is -2.58. The number of esters is 1. The predicted molar refractivity (Wildman–Crippen MR) is 108 cm³/mol. The van der Waals surface area contributed by atoms with Gasteiger partial charge < -0.3 is 9.57 Å². The Kier molecular flexibility index (Phi) is 5.74. The van der Waals surface area contributed by atoms with Gasteiger partial charge in [-0.2, -0.15) is 0 Å². The Balaban J connectivity index is 1.86. The Morgan fingerprint density at radius 2 is 2.07 bits per heavy atom. The molecule has 0 aromatic heterocycles. The lowest BCUT2D eigenvalue weighted by Crippen LogP contribution is -2.53. The summed E-state index contributed by atoms with van der Waals surface area (Å²) < 4.78 is 5.52. The van der Waals surface area contributed by atoms with Crippen LogP contribution in [-0.4, -0.2) is 25.9 Å². The van der Waals surface area contributed by atoms with Crippen LogP contribution in [0.5, 0.6) is 0 Å². The molecule has 152 valence electrons. The van der Waals surface area contributed by atoms with Gasteiger partial charge in [-0.25, -0.2) is 0 Å². The molecular formula is C23H37NO3. The minimum absolute atomic E-state index is 0.0244. The van der Waals surface area contributed by atoms with Crippen molar-refractivity contribution in [3.05, 3.63) is 11.6 Å². The Labute approximate surface area is 164 Å². The molecule has 3 aliphatic rings. The number of rotatable bonds is 5. The van der Waals surface area contributed by atoms with Gasteiger partial charge in [-0.15, -0.1) is 0 Å². The molecule has 0 aromatic carbocycles. The second-order valence-corrected chi connectivity index (χ2v) is 9.79. The average Bonchev–Trinajstić information content (AvgIpc) is 2.61. The summed E-state index contributed by atoms with van der Waals surface area (Å²) in [6, 6.07) is 0. The van der Waals surface area contributed by atoms with E-state index >= 15 is 0 Å². The van der Waals surface area contributed by atoms with E-state index in [1.54, 1.807) is 12.7 Å². The second kappa shape index (κ2) is 7.60. The molecule has 0 heterocycles. The van der Waals surface area contributed by atoms with Gasteiger partial charge in [0, 0.05) is 6.21 Å². The van der Waals surface area contributed by atoms with Gasteiger partial charge in [0.25, 0.3) is 0 Å². The first-order chi connectivity index (χ1) is 12.8. The standard InChI is InChI=1S/C23H37NO3/c1-6-27-20(25)23(4)12-7-11-22(3)18-10-13-21(2,14-15-24-26-5)16-17(18)8-9-19(22)23/h10,15,17,19H,6-9,11-14,16H2,1-5H3/b24-15+. The fourth-order valence-corrected chi connectivity index (χ4v) is 6.53. The van der Waals surface area contributed by atoms with Crippen molar-refractivity contribution in [2.45, 2.75) is 79.1 Å². The number of allylic oxidation sites excluding steroid dienone is 2. The number of hydrogen-bond donors (Lipinski definition) is 0. The van der Waals surface area contributed by atoms with Gasteiger partial charge in [-0.3, -0.25) is 4.79 Å². The SMILES string of the molecule is CCOC(=O)C1(C)CCCC2(C)C3=CCC(C)(C/C=N/OC)CC3CCC12. The molecule has 27 heavy (non-hydrogen) atoms. The molecule has 2 saturated carbocycles. The smallest absolute Gasteiger partial charge is 0.312 e. The topological polar surface area (TPSA) is 47.9 Å². The molecule has 5 atom stereocenters. The van der Waals surface area contributed by atoms with Crippen LogP contribution in [0, 0.1) is 28.1 Å². The summed E-state index contributed by atoms with van der Waals surface area (Å²) >= 11 is 0. The number of hydrogen-bond acceptors (Lipinski definition) is 4. The van der Waals surface area contributed by atoms with E-state index < -0.39 is 0 Å². The summed E-state index contributed by atoms with van der Waals surface area (Å²) in [4.78, 5) is 17.7. The summed E-state index contributed by atoms with van der Waals surface area (Å²) in [5, 5.41) is 3.95. The molecule has 0 bridgehead atoms. The van der Waals surface area contributed by atoms with E-state index in [9.17, 15) is 4.79 Å². The summed E-state index contributed by atoms with van der Waals surface area (Å²) in [6.45, 7) is 9.37. The van der Waals surface area contributed by atoms with Gasteiger partial charge >= 0.3 is 5.97 Å². The van der Waals surface area contributed by atoms with Crippen molar-refractivity contribution in [3.63, 3.8) is 0 Å². The zero-order valence-electron chi connectivity index (χ0n) is 17.8. The highest BCUT2D eigenvalue weighted by Gasteiger charge is 2.58. The Morgan fingerprint density at radius 3 is 2.78 bits per heavy atom. The van der Waals surface area contributed by atoms with E-state index in [0.29, 0.717) is 18.4 Å². The van der Waals surface area contributed by atoms with Crippen molar-refractivity contribution in [3.8, 4) is 0 Å². The Bertz CT molecular complexity index is 627. The fourth-order valence-electron chi connectivity index (χ4n) is 6.53. The molecule has 0 N–H and O–H groups in total. The van der Waals surface area contributed by atoms with Crippen LogP contribution in [0.3, 0.4) is 0 Å². The third-order valence-corrected chi connectivity index (χ3v) is 7.89. The number of ether oxygens (including phenoxy) is 1. The summed E-state index contributed by atoms with van der Waals surface area (Å²) in [5.41, 5.74) is 1.71. The van der Waals surface area contributed by atoms with Crippen LogP contribution in [0.2, 0.25) is 0 Å². The van der Waals surface area contributed by atoms with Crippen molar-refractivity contribution in [1.29, 1.82) is 0 Å². The second-order valence-electron chi connectivity index (χ2n) is 9.79. The molecule has 0 amide bonds. The maximum absolute atomic E-state index is 12.9. The first kappa shape index (κ1) is 20.4. The highest BCUT2D eigenvalue weighted by atomic mass is 16.6. The van der Waals surface area contributed by atoms with Crippen LogP contribution in [0.4, 0.5) is 0 Å². The third-order valence-electron chi connectivity index (χ3n) is 7.89. The molecule has 0 spiro atoms. The summed E-state index contributed by atoms with van der Waals surface area (Å²) in [5.74, 6) is 1.07. The molecule has 0 aliphatic heterocycles. The minimum atomic E-state index is -0.333. The highest BCUT2D eigenvalue weighted by Crippen LogP contribution is 2.64. The van der Waals surface area contributed by atoms with Gasteiger partial charge in [0.2, 0.25) is 0 Å². The van der Waals surface area contributed by atoms with E-state index in [4.69, 9.17) is 9.57 Å². The number of fused-ring (bicyclic) bond motifs is 3. The van der Waals surface area contributed by atoms with Gasteiger partial charge in [0.15, 0.2) is 0 Å². The first-order valence-corrected chi connectivity index (χ1v) is 10.7. The molecule has 5 unspecified atom stereocenters. The van der Waals surface area contributed by atoms with Crippen molar-refractivity contribution in [2.24, 2.45) is 33.2 Å². The molecule has 0 saturated heterocycles. The molecule has 0 aromatic rings. The molecule has 4 nitrogen and oxygen atoms in total.